The SMILES string of the molecule is COc1cc(C(=O)N[C@@]2(C)CCO[C@H]2C2CC2)cc(OC)c1O. The summed E-state index contributed by atoms with van der Waals surface area (Å²) in [4.78, 5) is 12.7. The molecular formula is C17H23NO5. The van der Waals surface area contributed by atoms with Crippen molar-refractivity contribution < 1.29 is 24.1 Å². The maximum absolute atomic E-state index is 12.7. The zero-order valence-electron chi connectivity index (χ0n) is 13.7. The molecule has 0 bridgehead atoms. The number of hydrogen-bond donors (Lipinski definition) is 2. The van der Waals surface area contributed by atoms with Crippen molar-refractivity contribution in [3.63, 3.8) is 0 Å². The molecule has 0 radical (unpaired) electrons. The van der Waals surface area contributed by atoms with Crippen molar-refractivity contribution in [1.29, 1.82) is 0 Å². The van der Waals surface area contributed by atoms with Gasteiger partial charge in [-0.3, -0.25) is 4.79 Å². The summed E-state index contributed by atoms with van der Waals surface area (Å²) < 4.78 is 16.1. The van der Waals surface area contributed by atoms with Crippen LogP contribution in [0, 0.1) is 5.92 Å². The Balaban J connectivity index is 1.83. The lowest BCUT2D eigenvalue weighted by Crippen LogP contribution is -2.52. The molecule has 1 aliphatic heterocycles. The van der Waals surface area contributed by atoms with Crippen LogP contribution < -0.4 is 14.8 Å². The molecule has 6 heteroatoms. The van der Waals surface area contributed by atoms with E-state index in [-0.39, 0.29) is 34.8 Å². The topological polar surface area (TPSA) is 77.0 Å². The van der Waals surface area contributed by atoms with Crippen molar-refractivity contribution in [2.24, 2.45) is 5.92 Å². The van der Waals surface area contributed by atoms with E-state index in [4.69, 9.17) is 14.2 Å². The second kappa shape index (κ2) is 5.92. The third kappa shape index (κ3) is 2.95. The molecule has 1 heterocycles. The number of nitrogens with one attached hydrogen (secondary N) is 1. The fourth-order valence-electron chi connectivity index (χ4n) is 3.27. The molecule has 1 aromatic rings. The number of ether oxygens (including phenoxy) is 3. The van der Waals surface area contributed by atoms with E-state index in [9.17, 15) is 9.90 Å². The zero-order chi connectivity index (χ0) is 16.6. The third-order valence-electron chi connectivity index (χ3n) is 4.74. The Kier molecular flexibility index (Phi) is 4.10. The summed E-state index contributed by atoms with van der Waals surface area (Å²) >= 11 is 0. The monoisotopic (exact) mass is 321 g/mol. The van der Waals surface area contributed by atoms with Crippen molar-refractivity contribution in [2.45, 2.75) is 37.8 Å². The number of methoxy groups -OCH3 is 2. The number of carbonyl (C=O) groups excluding carboxylic acids is 1. The number of benzene rings is 1. The first-order valence-electron chi connectivity index (χ1n) is 7.87. The van der Waals surface area contributed by atoms with E-state index >= 15 is 0 Å². The Morgan fingerprint density at radius 1 is 1.30 bits per heavy atom. The standard InChI is InChI=1S/C17H23NO5/c1-17(6-7-23-15(17)10-4-5-10)18-16(20)11-8-12(21-2)14(19)13(9-11)22-3/h8-10,15,19H,4-7H2,1-3H3,(H,18,20)/t15-,17-/m0/s1. The second-order valence-electron chi connectivity index (χ2n) is 6.48. The van der Waals surface area contributed by atoms with Gasteiger partial charge in [0.05, 0.1) is 25.9 Å². The minimum atomic E-state index is -0.364. The van der Waals surface area contributed by atoms with E-state index < -0.39 is 0 Å². The van der Waals surface area contributed by atoms with Gasteiger partial charge in [0.1, 0.15) is 0 Å². The van der Waals surface area contributed by atoms with Crippen LogP contribution in [-0.4, -0.2) is 43.5 Å². The van der Waals surface area contributed by atoms with Crippen LogP contribution in [0.4, 0.5) is 0 Å². The maximum atomic E-state index is 12.7. The van der Waals surface area contributed by atoms with Gasteiger partial charge >= 0.3 is 0 Å². The van der Waals surface area contributed by atoms with Crippen molar-refractivity contribution in [1.82, 2.24) is 5.32 Å². The smallest absolute Gasteiger partial charge is 0.252 e. The van der Waals surface area contributed by atoms with Gasteiger partial charge in [0.25, 0.3) is 5.91 Å². The molecule has 1 saturated carbocycles. The van der Waals surface area contributed by atoms with Crippen LogP contribution in [0.5, 0.6) is 17.2 Å². The number of rotatable bonds is 5. The highest BCUT2D eigenvalue weighted by atomic mass is 16.5. The lowest BCUT2D eigenvalue weighted by atomic mass is 9.90. The molecule has 0 aromatic heterocycles. The van der Waals surface area contributed by atoms with Crippen molar-refractivity contribution in [3.05, 3.63) is 17.7 Å². The van der Waals surface area contributed by atoms with E-state index in [0.717, 1.165) is 19.3 Å². The Morgan fingerprint density at radius 3 is 2.43 bits per heavy atom. The minimum absolute atomic E-state index is 0.0763. The summed E-state index contributed by atoms with van der Waals surface area (Å²) in [7, 11) is 2.87. The quantitative estimate of drug-likeness (QED) is 0.868. The highest BCUT2D eigenvalue weighted by Crippen LogP contribution is 2.43. The van der Waals surface area contributed by atoms with Gasteiger partial charge in [-0.2, -0.15) is 0 Å². The molecule has 126 valence electrons. The first-order chi connectivity index (χ1) is 11.0. The Morgan fingerprint density at radius 2 is 1.91 bits per heavy atom. The van der Waals surface area contributed by atoms with Crippen LogP contribution in [0.25, 0.3) is 0 Å². The van der Waals surface area contributed by atoms with Crippen LogP contribution in [0.3, 0.4) is 0 Å². The first-order valence-corrected chi connectivity index (χ1v) is 7.87. The van der Waals surface area contributed by atoms with E-state index in [1.54, 1.807) is 0 Å². The van der Waals surface area contributed by atoms with Crippen molar-refractivity contribution >= 4 is 5.91 Å². The predicted octanol–water partition coefficient (Wildman–Crippen LogP) is 2.10. The molecule has 2 atom stereocenters. The largest absolute Gasteiger partial charge is 0.502 e. The van der Waals surface area contributed by atoms with Crippen molar-refractivity contribution in [3.8, 4) is 17.2 Å². The molecule has 1 saturated heterocycles. The normalized spacial score (nSPS) is 26.8. The summed E-state index contributed by atoms with van der Waals surface area (Å²) in [5, 5.41) is 13.1. The second-order valence-corrected chi connectivity index (χ2v) is 6.48. The molecule has 2 fully saturated rings. The van der Waals surface area contributed by atoms with Gasteiger partial charge in [-0.05, 0) is 44.2 Å². The van der Waals surface area contributed by atoms with Gasteiger partial charge in [-0.25, -0.2) is 0 Å². The maximum Gasteiger partial charge on any atom is 0.252 e. The zero-order valence-corrected chi connectivity index (χ0v) is 13.7. The molecule has 0 spiro atoms. The minimum Gasteiger partial charge on any atom is -0.502 e. The number of hydrogen-bond acceptors (Lipinski definition) is 5. The number of phenols is 1. The molecule has 1 aromatic carbocycles. The Bertz CT molecular complexity index is 588. The van der Waals surface area contributed by atoms with Gasteiger partial charge in [0.2, 0.25) is 5.75 Å². The number of amides is 1. The highest BCUT2D eigenvalue weighted by molar-refractivity contribution is 5.96. The number of aromatic hydroxyl groups is 1. The average molecular weight is 321 g/mol. The van der Waals surface area contributed by atoms with Crippen LogP contribution in [0.1, 0.15) is 36.5 Å². The fourth-order valence-corrected chi connectivity index (χ4v) is 3.27. The summed E-state index contributed by atoms with van der Waals surface area (Å²) in [5.41, 5.74) is 0.0236. The van der Waals surface area contributed by atoms with Gasteiger partial charge < -0.3 is 24.6 Å². The third-order valence-corrected chi connectivity index (χ3v) is 4.74. The fraction of sp³-hybridized carbons (Fsp3) is 0.588. The van der Waals surface area contributed by atoms with Gasteiger partial charge in [0, 0.05) is 12.2 Å². The molecular weight excluding hydrogens is 298 g/mol. The van der Waals surface area contributed by atoms with Crippen LogP contribution >= 0.6 is 0 Å². The average Bonchev–Trinajstić information content (AvgIpc) is 3.30. The molecule has 6 nitrogen and oxygen atoms in total. The van der Waals surface area contributed by atoms with E-state index in [0.29, 0.717) is 18.1 Å². The lowest BCUT2D eigenvalue weighted by molar-refractivity contribution is 0.0514. The molecule has 2 N–H and O–H groups in total. The molecule has 0 unspecified atom stereocenters. The molecule has 2 aliphatic rings. The van der Waals surface area contributed by atoms with Gasteiger partial charge in [-0.15, -0.1) is 0 Å². The van der Waals surface area contributed by atoms with Crippen LogP contribution in [0.2, 0.25) is 0 Å². The number of phenolic OH excluding ortho intramolecular Hbond substituents is 1. The summed E-state index contributed by atoms with van der Waals surface area (Å²) in [5.74, 6) is 0.631. The summed E-state index contributed by atoms with van der Waals surface area (Å²) in [6, 6.07) is 3.02. The Hall–Kier alpha value is -1.95. The van der Waals surface area contributed by atoms with Crippen LogP contribution in [-0.2, 0) is 4.74 Å². The molecule has 1 aliphatic carbocycles. The molecule has 3 rings (SSSR count). The predicted molar refractivity (Wildman–Crippen MR) is 84.2 cm³/mol. The van der Waals surface area contributed by atoms with Crippen LogP contribution in [0.15, 0.2) is 12.1 Å². The van der Waals surface area contributed by atoms with E-state index in [1.807, 2.05) is 6.92 Å². The lowest BCUT2D eigenvalue weighted by Gasteiger charge is -2.31. The molecule has 1 amide bonds. The summed E-state index contributed by atoms with van der Waals surface area (Å²) in [6.07, 6.45) is 3.20. The Labute approximate surface area is 135 Å². The van der Waals surface area contributed by atoms with Crippen molar-refractivity contribution in [2.75, 3.05) is 20.8 Å². The van der Waals surface area contributed by atoms with E-state index in [1.165, 1.54) is 26.4 Å². The molecule has 23 heavy (non-hydrogen) atoms. The van der Waals surface area contributed by atoms with Gasteiger partial charge in [0.15, 0.2) is 11.5 Å². The van der Waals surface area contributed by atoms with Gasteiger partial charge in [-0.1, -0.05) is 0 Å². The van der Waals surface area contributed by atoms with E-state index in [2.05, 4.69) is 5.32 Å². The summed E-state index contributed by atoms with van der Waals surface area (Å²) in [6.45, 7) is 2.70. The first kappa shape index (κ1) is 15.9. The highest BCUT2D eigenvalue weighted by Gasteiger charge is 2.49. The number of carbonyl (C=O) groups is 1.